The van der Waals surface area contributed by atoms with Crippen LogP contribution in [0.25, 0.3) is 6.08 Å². The molecule has 2 heterocycles. The minimum atomic E-state index is -0.0900. The van der Waals surface area contributed by atoms with Gasteiger partial charge in [-0.05, 0) is 29.3 Å². The molecule has 5 heteroatoms. The number of hydrogen-bond donors (Lipinski definition) is 1. The van der Waals surface area contributed by atoms with Crippen LogP contribution in [0.3, 0.4) is 0 Å². The van der Waals surface area contributed by atoms with E-state index < -0.39 is 0 Å². The summed E-state index contributed by atoms with van der Waals surface area (Å²) in [5.74, 6) is 0. The predicted octanol–water partition coefficient (Wildman–Crippen LogP) is 2.87. The average Bonchev–Trinajstić information content (AvgIpc) is 2.63. The van der Waals surface area contributed by atoms with E-state index in [1.165, 1.54) is 0 Å². The Morgan fingerprint density at radius 1 is 1.54 bits per heavy atom. The third-order valence-corrected chi connectivity index (χ3v) is 3.56. The molecule has 0 radical (unpaired) electrons. The zero-order valence-corrected chi connectivity index (χ0v) is 8.89. The van der Waals surface area contributed by atoms with Gasteiger partial charge >= 0.3 is 0 Å². The second-order valence-corrected chi connectivity index (χ2v) is 4.77. The quantitative estimate of drug-likeness (QED) is 0.591. The maximum atomic E-state index is 10.9. The fourth-order valence-electron chi connectivity index (χ4n) is 0.924. The highest BCUT2D eigenvalue weighted by Crippen LogP contribution is 2.27. The van der Waals surface area contributed by atoms with Gasteiger partial charge in [-0.25, -0.2) is 0 Å². The van der Waals surface area contributed by atoms with E-state index in [0.717, 1.165) is 21.5 Å². The molecule has 0 unspecified atom stereocenters. The third-order valence-electron chi connectivity index (χ3n) is 1.46. The standard InChI is InChI=1S/C8H5NOS3/c10-8-9-7(11)6(13-8)4-5-2-1-3-12-5/h1-4H,(H,9,10,11). The molecule has 1 amide bonds. The summed E-state index contributed by atoms with van der Waals surface area (Å²) >= 11 is 7.75. The number of carbonyl (C=O) groups excluding carboxylic acids is 1. The molecule has 0 spiro atoms. The molecule has 66 valence electrons. The fourth-order valence-corrected chi connectivity index (χ4v) is 2.68. The van der Waals surface area contributed by atoms with Gasteiger partial charge in [0.25, 0.3) is 5.24 Å². The van der Waals surface area contributed by atoms with Crippen molar-refractivity contribution in [1.29, 1.82) is 0 Å². The molecule has 0 bridgehead atoms. The average molecular weight is 227 g/mol. The van der Waals surface area contributed by atoms with E-state index in [4.69, 9.17) is 12.2 Å². The third kappa shape index (κ3) is 1.99. The number of carbonyl (C=O) groups is 1. The Labute approximate surface area is 89.0 Å². The lowest BCUT2D eigenvalue weighted by Gasteiger charge is -1.90. The van der Waals surface area contributed by atoms with E-state index in [9.17, 15) is 4.79 Å². The van der Waals surface area contributed by atoms with Gasteiger partial charge in [0.2, 0.25) is 0 Å². The topological polar surface area (TPSA) is 29.1 Å². The van der Waals surface area contributed by atoms with Gasteiger partial charge in [0.05, 0.1) is 4.91 Å². The molecule has 1 aromatic rings. The van der Waals surface area contributed by atoms with Gasteiger partial charge in [-0.1, -0.05) is 18.3 Å². The largest absolute Gasteiger partial charge is 0.307 e. The lowest BCUT2D eigenvalue weighted by molar-refractivity contribution is 0.265. The van der Waals surface area contributed by atoms with Crippen LogP contribution in [0.2, 0.25) is 0 Å². The summed E-state index contributed by atoms with van der Waals surface area (Å²) in [5, 5.41) is 4.47. The molecule has 2 nitrogen and oxygen atoms in total. The first-order chi connectivity index (χ1) is 6.25. The predicted molar refractivity (Wildman–Crippen MR) is 61.0 cm³/mol. The lowest BCUT2D eigenvalue weighted by Crippen LogP contribution is -2.15. The van der Waals surface area contributed by atoms with Crippen LogP contribution in [-0.4, -0.2) is 10.2 Å². The van der Waals surface area contributed by atoms with E-state index in [0.29, 0.717) is 4.99 Å². The van der Waals surface area contributed by atoms with Crippen molar-refractivity contribution in [3.05, 3.63) is 27.3 Å². The van der Waals surface area contributed by atoms with E-state index in [1.54, 1.807) is 11.3 Å². The normalized spacial score (nSPS) is 19.5. The van der Waals surface area contributed by atoms with Crippen molar-refractivity contribution in [2.24, 2.45) is 0 Å². The van der Waals surface area contributed by atoms with E-state index >= 15 is 0 Å². The zero-order valence-electron chi connectivity index (χ0n) is 6.44. The van der Waals surface area contributed by atoms with Gasteiger partial charge in [-0.3, -0.25) is 4.79 Å². The number of rotatable bonds is 1. The molecule has 0 aromatic carbocycles. The van der Waals surface area contributed by atoms with Crippen molar-refractivity contribution in [2.45, 2.75) is 0 Å². The Hall–Kier alpha value is -0.650. The van der Waals surface area contributed by atoms with Crippen LogP contribution in [0.15, 0.2) is 22.4 Å². The second kappa shape index (κ2) is 3.61. The van der Waals surface area contributed by atoms with Crippen LogP contribution in [0.4, 0.5) is 4.79 Å². The number of nitrogens with one attached hydrogen (secondary N) is 1. The molecule has 1 fully saturated rings. The van der Waals surface area contributed by atoms with Gasteiger partial charge in [-0.15, -0.1) is 11.3 Å². The smallest absolute Gasteiger partial charge is 0.289 e. The summed E-state index contributed by atoms with van der Waals surface area (Å²) < 4.78 is 0. The van der Waals surface area contributed by atoms with Gasteiger partial charge in [0.1, 0.15) is 4.99 Å². The van der Waals surface area contributed by atoms with Crippen molar-refractivity contribution in [3.8, 4) is 0 Å². The number of hydrogen-bond acceptors (Lipinski definition) is 4. The Bertz CT molecular complexity index is 380. The molecule has 2 rings (SSSR count). The molecular formula is C8H5NOS3. The maximum absolute atomic E-state index is 10.9. The van der Waals surface area contributed by atoms with Gasteiger partial charge < -0.3 is 5.32 Å². The summed E-state index contributed by atoms with van der Waals surface area (Å²) in [6, 6.07) is 3.96. The first kappa shape index (κ1) is 8.93. The summed E-state index contributed by atoms with van der Waals surface area (Å²) in [7, 11) is 0. The van der Waals surface area contributed by atoms with E-state index in [-0.39, 0.29) is 5.24 Å². The van der Waals surface area contributed by atoms with Crippen LogP contribution in [0.1, 0.15) is 4.88 Å². The monoisotopic (exact) mass is 227 g/mol. The minimum Gasteiger partial charge on any atom is -0.307 e. The van der Waals surface area contributed by atoms with Crippen molar-refractivity contribution < 1.29 is 4.79 Å². The number of thiocarbonyl (C=S) groups is 1. The Kier molecular flexibility index (Phi) is 2.48. The fraction of sp³-hybridized carbons (Fsp3) is 0. The van der Waals surface area contributed by atoms with Crippen molar-refractivity contribution in [3.63, 3.8) is 0 Å². The van der Waals surface area contributed by atoms with Crippen LogP contribution < -0.4 is 5.32 Å². The lowest BCUT2D eigenvalue weighted by atomic mass is 10.4. The first-order valence-corrected chi connectivity index (χ1v) is 5.64. The Balaban J connectivity index is 2.27. The van der Waals surface area contributed by atoms with Crippen molar-refractivity contribution >= 4 is 51.6 Å². The maximum Gasteiger partial charge on any atom is 0.289 e. The molecule has 1 N–H and O–H groups in total. The van der Waals surface area contributed by atoms with Crippen LogP contribution >= 0.6 is 35.3 Å². The molecule has 1 aliphatic heterocycles. The van der Waals surface area contributed by atoms with Crippen LogP contribution in [-0.2, 0) is 0 Å². The molecule has 1 saturated heterocycles. The highest BCUT2D eigenvalue weighted by molar-refractivity contribution is 8.19. The second-order valence-electron chi connectivity index (χ2n) is 2.37. The highest BCUT2D eigenvalue weighted by atomic mass is 32.2. The van der Waals surface area contributed by atoms with Gasteiger partial charge in [0, 0.05) is 4.88 Å². The molecule has 0 saturated carbocycles. The van der Waals surface area contributed by atoms with Gasteiger partial charge in [0.15, 0.2) is 0 Å². The Morgan fingerprint density at radius 3 is 2.92 bits per heavy atom. The highest BCUT2D eigenvalue weighted by Gasteiger charge is 2.21. The van der Waals surface area contributed by atoms with Crippen LogP contribution in [0, 0.1) is 0 Å². The molecule has 13 heavy (non-hydrogen) atoms. The summed E-state index contributed by atoms with van der Waals surface area (Å²) in [6.45, 7) is 0. The van der Waals surface area contributed by atoms with E-state index in [1.807, 2.05) is 23.6 Å². The molecule has 1 aromatic heterocycles. The SMILES string of the molecule is O=C1NC(=S)C(=Cc2cccs2)S1. The summed E-state index contributed by atoms with van der Waals surface area (Å²) in [5.41, 5.74) is 0. The number of thiophene rings is 1. The number of amides is 1. The Morgan fingerprint density at radius 2 is 2.38 bits per heavy atom. The minimum absolute atomic E-state index is 0.0900. The van der Waals surface area contributed by atoms with Crippen LogP contribution in [0.5, 0.6) is 0 Å². The number of thioether (sulfide) groups is 1. The van der Waals surface area contributed by atoms with Crippen molar-refractivity contribution in [2.75, 3.05) is 0 Å². The summed E-state index contributed by atoms with van der Waals surface area (Å²) in [4.78, 5) is 13.4. The van der Waals surface area contributed by atoms with Crippen molar-refractivity contribution in [1.82, 2.24) is 5.32 Å². The zero-order chi connectivity index (χ0) is 9.26. The van der Waals surface area contributed by atoms with Gasteiger partial charge in [-0.2, -0.15) is 0 Å². The molecule has 0 atom stereocenters. The molecule has 1 aliphatic rings. The first-order valence-electron chi connectivity index (χ1n) is 3.54. The molecular weight excluding hydrogens is 222 g/mol. The summed E-state index contributed by atoms with van der Waals surface area (Å²) in [6.07, 6.45) is 1.93. The molecule has 0 aliphatic carbocycles. The van der Waals surface area contributed by atoms with E-state index in [2.05, 4.69) is 5.32 Å².